The van der Waals surface area contributed by atoms with Crippen molar-refractivity contribution in [1.82, 2.24) is 10.2 Å². The van der Waals surface area contributed by atoms with Crippen molar-refractivity contribution in [1.29, 1.82) is 0 Å². The summed E-state index contributed by atoms with van der Waals surface area (Å²) in [7, 11) is 0. The molecule has 2 saturated heterocycles. The Labute approximate surface area is 121 Å². The van der Waals surface area contributed by atoms with Crippen LogP contribution >= 0.6 is 0 Å². The zero-order valence-corrected chi connectivity index (χ0v) is 11.9. The first-order valence-corrected chi connectivity index (χ1v) is 7.07. The summed E-state index contributed by atoms with van der Waals surface area (Å²) in [6.45, 7) is 1.45. The lowest BCUT2D eigenvalue weighted by Gasteiger charge is -2.42. The Balaban J connectivity index is 2.25. The molecule has 0 spiro atoms. The molecule has 2 fully saturated rings. The SMILES string of the molecule is CC1CCC(C(N)=O)CN1C(=O)C1(C(F)(F)F)CCNC1. The molecule has 2 aliphatic rings. The van der Waals surface area contributed by atoms with Gasteiger partial charge in [-0.2, -0.15) is 13.2 Å². The van der Waals surface area contributed by atoms with Crippen molar-refractivity contribution in [2.45, 2.75) is 38.4 Å². The van der Waals surface area contributed by atoms with E-state index in [1.807, 2.05) is 0 Å². The smallest absolute Gasteiger partial charge is 0.369 e. The third kappa shape index (κ3) is 2.73. The second-order valence-electron chi connectivity index (χ2n) is 5.99. The molecule has 5 nitrogen and oxygen atoms in total. The lowest BCUT2D eigenvalue weighted by Crippen LogP contribution is -2.58. The van der Waals surface area contributed by atoms with Crippen molar-refractivity contribution in [3.05, 3.63) is 0 Å². The average Bonchev–Trinajstić information content (AvgIpc) is 2.88. The van der Waals surface area contributed by atoms with Gasteiger partial charge in [-0.25, -0.2) is 0 Å². The number of hydrogen-bond acceptors (Lipinski definition) is 3. The molecular weight excluding hydrogens is 287 g/mol. The molecule has 2 aliphatic heterocycles. The van der Waals surface area contributed by atoms with Gasteiger partial charge in [0, 0.05) is 19.1 Å². The molecular formula is C13H20F3N3O2. The minimum Gasteiger partial charge on any atom is -0.369 e. The van der Waals surface area contributed by atoms with Crippen LogP contribution in [0.2, 0.25) is 0 Å². The summed E-state index contributed by atoms with van der Waals surface area (Å²) in [4.78, 5) is 25.0. The highest BCUT2D eigenvalue weighted by Crippen LogP contribution is 2.45. The summed E-state index contributed by atoms with van der Waals surface area (Å²) < 4.78 is 40.3. The standard InChI is InChI=1S/C13H20F3N3O2/c1-8-2-3-9(10(17)20)6-19(8)11(21)12(13(14,15)16)4-5-18-7-12/h8-9,18H,2-7H2,1H3,(H2,17,20). The average molecular weight is 307 g/mol. The molecule has 2 amide bonds. The Bertz CT molecular complexity index is 433. The maximum absolute atomic E-state index is 13.4. The van der Waals surface area contributed by atoms with Crippen molar-refractivity contribution in [2.24, 2.45) is 17.1 Å². The number of piperidine rings is 1. The molecule has 0 aromatic heterocycles. The third-order valence-corrected chi connectivity index (χ3v) is 4.65. The number of rotatable bonds is 2. The zero-order chi connectivity index (χ0) is 15.8. The van der Waals surface area contributed by atoms with Gasteiger partial charge in [-0.15, -0.1) is 0 Å². The Morgan fingerprint density at radius 2 is 2.00 bits per heavy atom. The number of nitrogens with one attached hydrogen (secondary N) is 1. The van der Waals surface area contributed by atoms with Crippen molar-refractivity contribution < 1.29 is 22.8 Å². The van der Waals surface area contributed by atoms with Gasteiger partial charge in [0.05, 0.1) is 5.92 Å². The number of amides is 2. The van der Waals surface area contributed by atoms with Crippen LogP contribution in [0.1, 0.15) is 26.2 Å². The summed E-state index contributed by atoms with van der Waals surface area (Å²) in [5.74, 6) is -2.06. The van der Waals surface area contributed by atoms with Gasteiger partial charge in [0.1, 0.15) is 0 Å². The highest BCUT2D eigenvalue weighted by atomic mass is 19.4. The van der Waals surface area contributed by atoms with E-state index in [9.17, 15) is 22.8 Å². The largest absolute Gasteiger partial charge is 0.404 e. The maximum atomic E-state index is 13.4. The molecule has 3 N–H and O–H groups in total. The fourth-order valence-electron chi connectivity index (χ4n) is 3.13. The summed E-state index contributed by atoms with van der Waals surface area (Å²) >= 11 is 0. The molecule has 0 saturated carbocycles. The van der Waals surface area contributed by atoms with E-state index in [4.69, 9.17) is 5.73 Å². The van der Waals surface area contributed by atoms with E-state index < -0.39 is 35.9 Å². The molecule has 21 heavy (non-hydrogen) atoms. The predicted molar refractivity (Wildman–Crippen MR) is 69.1 cm³/mol. The van der Waals surface area contributed by atoms with Crippen LogP contribution in [0.5, 0.6) is 0 Å². The number of carbonyl (C=O) groups excluding carboxylic acids is 2. The van der Waals surface area contributed by atoms with Crippen LogP contribution in [-0.2, 0) is 9.59 Å². The van der Waals surface area contributed by atoms with Crippen molar-refractivity contribution in [3.8, 4) is 0 Å². The lowest BCUT2D eigenvalue weighted by molar-refractivity contribution is -0.223. The summed E-state index contributed by atoms with van der Waals surface area (Å²) in [6, 6.07) is -0.312. The molecule has 0 aromatic carbocycles. The van der Waals surface area contributed by atoms with Crippen molar-refractivity contribution in [3.63, 3.8) is 0 Å². The highest BCUT2D eigenvalue weighted by Gasteiger charge is 2.63. The number of nitrogens with two attached hydrogens (primary N) is 1. The molecule has 0 aromatic rings. The molecule has 0 aliphatic carbocycles. The number of alkyl halides is 3. The highest BCUT2D eigenvalue weighted by molar-refractivity contribution is 5.86. The molecule has 2 heterocycles. The first-order valence-electron chi connectivity index (χ1n) is 7.07. The van der Waals surface area contributed by atoms with Crippen LogP contribution in [0.4, 0.5) is 13.2 Å². The molecule has 120 valence electrons. The van der Waals surface area contributed by atoms with Gasteiger partial charge in [-0.05, 0) is 32.7 Å². The van der Waals surface area contributed by atoms with Gasteiger partial charge < -0.3 is 16.0 Å². The zero-order valence-electron chi connectivity index (χ0n) is 11.9. The van der Waals surface area contributed by atoms with Crippen LogP contribution < -0.4 is 11.1 Å². The van der Waals surface area contributed by atoms with E-state index in [-0.39, 0.29) is 25.6 Å². The molecule has 3 unspecified atom stereocenters. The van der Waals surface area contributed by atoms with Crippen molar-refractivity contribution >= 4 is 11.8 Å². The first kappa shape index (κ1) is 16.1. The number of halogens is 3. The van der Waals surface area contributed by atoms with Crippen LogP contribution in [0.15, 0.2) is 0 Å². The minimum absolute atomic E-state index is 0.0207. The van der Waals surface area contributed by atoms with Crippen LogP contribution in [0, 0.1) is 11.3 Å². The van der Waals surface area contributed by atoms with E-state index >= 15 is 0 Å². The van der Waals surface area contributed by atoms with E-state index in [0.29, 0.717) is 12.8 Å². The molecule has 0 radical (unpaired) electrons. The predicted octanol–water partition coefficient (Wildman–Crippen LogP) is 0.641. The van der Waals surface area contributed by atoms with Gasteiger partial charge >= 0.3 is 6.18 Å². The fourth-order valence-corrected chi connectivity index (χ4v) is 3.13. The number of primary amides is 1. The number of carbonyl (C=O) groups is 2. The Kier molecular flexibility index (Phi) is 4.19. The Morgan fingerprint density at radius 3 is 2.48 bits per heavy atom. The third-order valence-electron chi connectivity index (χ3n) is 4.65. The quantitative estimate of drug-likeness (QED) is 0.786. The normalized spacial score (nSPS) is 34.0. The molecule has 8 heteroatoms. The van der Waals surface area contributed by atoms with Crippen molar-refractivity contribution in [2.75, 3.05) is 19.6 Å². The fraction of sp³-hybridized carbons (Fsp3) is 0.846. The van der Waals surface area contributed by atoms with Crippen LogP contribution in [-0.4, -0.2) is 48.6 Å². The van der Waals surface area contributed by atoms with E-state index in [1.54, 1.807) is 6.92 Å². The minimum atomic E-state index is -4.60. The van der Waals surface area contributed by atoms with Crippen LogP contribution in [0.3, 0.4) is 0 Å². The van der Waals surface area contributed by atoms with Gasteiger partial charge in [-0.1, -0.05) is 0 Å². The maximum Gasteiger partial charge on any atom is 0.404 e. The Hall–Kier alpha value is -1.31. The lowest BCUT2D eigenvalue weighted by atomic mass is 9.82. The van der Waals surface area contributed by atoms with E-state index in [0.717, 1.165) is 0 Å². The molecule has 3 atom stereocenters. The number of hydrogen-bond donors (Lipinski definition) is 2. The summed E-state index contributed by atoms with van der Waals surface area (Å²) in [5.41, 5.74) is 2.86. The van der Waals surface area contributed by atoms with Crippen LogP contribution in [0.25, 0.3) is 0 Å². The molecule has 2 rings (SSSR count). The van der Waals surface area contributed by atoms with Gasteiger partial charge in [0.2, 0.25) is 11.8 Å². The number of likely N-dealkylation sites (tertiary alicyclic amines) is 1. The second-order valence-corrected chi connectivity index (χ2v) is 5.99. The summed E-state index contributed by atoms with van der Waals surface area (Å²) in [6.07, 6.45) is -3.87. The Morgan fingerprint density at radius 1 is 1.33 bits per heavy atom. The van der Waals surface area contributed by atoms with E-state index in [2.05, 4.69) is 5.32 Å². The molecule has 0 bridgehead atoms. The van der Waals surface area contributed by atoms with Gasteiger partial charge in [0.25, 0.3) is 0 Å². The second kappa shape index (κ2) is 5.47. The topological polar surface area (TPSA) is 75.4 Å². The first-order chi connectivity index (χ1) is 9.69. The summed E-state index contributed by atoms with van der Waals surface area (Å²) in [5, 5.41) is 2.63. The number of nitrogens with zero attached hydrogens (tertiary/aromatic N) is 1. The van der Waals surface area contributed by atoms with E-state index in [1.165, 1.54) is 4.90 Å². The monoisotopic (exact) mass is 307 g/mol. The van der Waals surface area contributed by atoms with Gasteiger partial charge in [0.15, 0.2) is 5.41 Å². The van der Waals surface area contributed by atoms with Gasteiger partial charge in [-0.3, -0.25) is 9.59 Å².